The quantitative estimate of drug-likeness (QED) is 0.874. The number of rotatable bonds is 5. The second kappa shape index (κ2) is 6.15. The number of aryl methyl sites for hydroxylation is 1. The number of aromatic nitrogens is 1. The first-order valence-corrected chi connectivity index (χ1v) is 8.01. The molecule has 3 nitrogen and oxygen atoms in total. The van der Waals surface area contributed by atoms with Crippen LogP contribution in [-0.2, 0) is 11.3 Å². The second-order valence-electron chi connectivity index (χ2n) is 7.99. The maximum atomic E-state index is 12.3. The first kappa shape index (κ1) is 16.6. The summed E-state index contributed by atoms with van der Waals surface area (Å²) in [4.78, 5) is 12.3. The van der Waals surface area contributed by atoms with Crippen LogP contribution in [-0.4, -0.2) is 16.0 Å². The van der Waals surface area contributed by atoms with Gasteiger partial charge < -0.3 is 9.88 Å². The number of fused-ring (bicyclic) bond motifs is 1. The van der Waals surface area contributed by atoms with Gasteiger partial charge in [-0.25, -0.2) is 0 Å². The molecule has 1 aromatic carbocycles. The zero-order chi connectivity index (χ0) is 16.4. The minimum absolute atomic E-state index is 0.118. The SMILES string of the molecule is CC(C)(C)CC(C)(C)NC(=O)CCn1ccc2ccccc21. The molecule has 22 heavy (non-hydrogen) atoms. The van der Waals surface area contributed by atoms with Crippen molar-refractivity contribution in [2.24, 2.45) is 5.41 Å². The Balaban J connectivity index is 1.93. The molecule has 1 N–H and O–H groups in total. The third-order valence-corrected chi connectivity index (χ3v) is 3.71. The van der Waals surface area contributed by atoms with Gasteiger partial charge in [-0.1, -0.05) is 39.0 Å². The van der Waals surface area contributed by atoms with Crippen LogP contribution in [0.25, 0.3) is 10.9 Å². The van der Waals surface area contributed by atoms with Crippen LogP contribution in [0.15, 0.2) is 36.5 Å². The average molecular weight is 300 g/mol. The summed E-state index contributed by atoms with van der Waals surface area (Å²) in [7, 11) is 0. The summed E-state index contributed by atoms with van der Waals surface area (Å²) in [5, 5.41) is 4.39. The largest absolute Gasteiger partial charge is 0.351 e. The molecular formula is C19H28N2O. The summed E-state index contributed by atoms with van der Waals surface area (Å²) in [6.45, 7) is 11.5. The van der Waals surface area contributed by atoms with Crippen LogP contribution in [0.1, 0.15) is 47.5 Å². The summed E-state index contributed by atoms with van der Waals surface area (Å²) in [6.07, 6.45) is 3.52. The summed E-state index contributed by atoms with van der Waals surface area (Å²) in [5.41, 5.74) is 1.21. The number of carbonyl (C=O) groups excluding carboxylic acids is 1. The van der Waals surface area contributed by atoms with Crippen molar-refractivity contribution in [3.63, 3.8) is 0 Å². The van der Waals surface area contributed by atoms with Gasteiger partial charge in [-0.3, -0.25) is 4.79 Å². The molecule has 0 unspecified atom stereocenters. The third-order valence-electron chi connectivity index (χ3n) is 3.71. The molecule has 0 aliphatic heterocycles. The fraction of sp³-hybridized carbons (Fsp3) is 0.526. The van der Waals surface area contributed by atoms with E-state index in [0.29, 0.717) is 13.0 Å². The van der Waals surface area contributed by atoms with E-state index in [4.69, 9.17) is 0 Å². The van der Waals surface area contributed by atoms with Gasteiger partial charge in [0.1, 0.15) is 0 Å². The van der Waals surface area contributed by atoms with E-state index in [1.54, 1.807) is 0 Å². The highest BCUT2D eigenvalue weighted by molar-refractivity contribution is 5.80. The zero-order valence-corrected chi connectivity index (χ0v) is 14.4. The van der Waals surface area contributed by atoms with E-state index in [9.17, 15) is 4.79 Å². The molecule has 2 rings (SSSR count). The smallest absolute Gasteiger partial charge is 0.222 e. The Morgan fingerprint density at radius 1 is 1.09 bits per heavy atom. The minimum atomic E-state index is -0.173. The monoisotopic (exact) mass is 300 g/mol. The van der Waals surface area contributed by atoms with Crippen LogP contribution < -0.4 is 5.32 Å². The summed E-state index contributed by atoms with van der Waals surface area (Å²) in [6, 6.07) is 10.4. The molecule has 0 bridgehead atoms. The van der Waals surface area contributed by atoms with E-state index in [2.05, 4.69) is 68.9 Å². The number of hydrogen-bond acceptors (Lipinski definition) is 1. The highest BCUT2D eigenvalue weighted by atomic mass is 16.1. The van der Waals surface area contributed by atoms with Gasteiger partial charge in [0.2, 0.25) is 5.91 Å². The van der Waals surface area contributed by atoms with Crippen molar-refractivity contribution in [1.29, 1.82) is 0 Å². The predicted molar refractivity (Wildman–Crippen MR) is 92.8 cm³/mol. The molecule has 0 fully saturated rings. The van der Waals surface area contributed by atoms with E-state index in [1.807, 2.05) is 12.1 Å². The first-order valence-electron chi connectivity index (χ1n) is 8.01. The Kier molecular flexibility index (Phi) is 4.64. The molecule has 0 radical (unpaired) electrons. The van der Waals surface area contributed by atoms with Gasteiger partial charge in [-0.15, -0.1) is 0 Å². The Morgan fingerprint density at radius 2 is 1.77 bits per heavy atom. The molecule has 120 valence electrons. The van der Waals surface area contributed by atoms with Crippen LogP contribution in [0.2, 0.25) is 0 Å². The molecule has 3 heteroatoms. The van der Waals surface area contributed by atoms with Crippen LogP contribution in [0.5, 0.6) is 0 Å². The molecule has 0 saturated carbocycles. The molecule has 1 aromatic heterocycles. The lowest BCUT2D eigenvalue weighted by molar-refractivity contribution is -0.123. The Morgan fingerprint density at radius 3 is 2.45 bits per heavy atom. The van der Waals surface area contributed by atoms with Crippen LogP contribution >= 0.6 is 0 Å². The predicted octanol–water partition coefficient (Wildman–Crippen LogP) is 4.36. The second-order valence-corrected chi connectivity index (χ2v) is 7.99. The van der Waals surface area contributed by atoms with Gasteiger partial charge in [0.15, 0.2) is 0 Å². The van der Waals surface area contributed by atoms with Gasteiger partial charge in [-0.05, 0) is 43.2 Å². The molecule has 0 spiro atoms. The van der Waals surface area contributed by atoms with E-state index < -0.39 is 0 Å². The Hall–Kier alpha value is -1.77. The van der Waals surface area contributed by atoms with Crippen molar-refractivity contribution in [2.45, 2.75) is 59.5 Å². The molecule has 0 atom stereocenters. The van der Waals surface area contributed by atoms with Crippen molar-refractivity contribution in [3.8, 4) is 0 Å². The molecule has 0 saturated heterocycles. The number of benzene rings is 1. The summed E-state index contributed by atoms with van der Waals surface area (Å²) >= 11 is 0. The van der Waals surface area contributed by atoms with Gasteiger partial charge in [-0.2, -0.15) is 0 Å². The highest BCUT2D eigenvalue weighted by Crippen LogP contribution is 2.26. The van der Waals surface area contributed by atoms with Crippen molar-refractivity contribution in [1.82, 2.24) is 9.88 Å². The molecular weight excluding hydrogens is 272 g/mol. The first-order chi connectivity index (χ1) is 10.2. The normalized spacial score (nSPS) is 12.6. The van der Waals surface area contributed by atoms with E-state index in [1.165, 1.54) is 10.9 Å². The molecule has 2 aromatic rings. The number of nitrogens with zero attached hydrogens (tertiary/aromatic N) is 1. The van der Waals surface area contributed by atoms with Crippen molar-refractivity contribution < 1.29 is 4.79 Å². The van der Waals surface area contributed by atoms with E-state index >= 15 is 0 Å². The Labute approximate surface area is 133 Å². The van der Waals surface area contributed by atoms with Crippen molar-refractivity contribution in [3.05, 3.63) is 36.5 Å². The van der Waals surface area contributed by atoms with Crippen LogP contribution in [0, 0.1) is 5.41 Å². The Bertz CT molecular complexity index is 647. The lowest BCUT2D eigenvalue weighted by atomic mass is 9.82. The lowest BCUT2D eigenvalue weighted by Gasteiger charge is -2.33. The topological polar surface area (TPSA) is 34.0 Å². The average Bonchev–Trinajstić information content (AvgIpc) is 2.76. The van der Waals surface area contributed by atoms with Crippen molar-refractivity contribution >= 4 is 16.8 Å². The number of nitrogens with one attached hydrogen (secondary N) is 1. The number of hydrogen-bond donors (Lipinski definition) is 1. The standard InChI is InChI=1S/C19H28N2O/c1-18(2,3)14-19(4,5)20-17(22)11-13-21-12-10-15-8-6-7-9-16(15)21/h6-10,12H,11,13-14H2,1-5H3,(H,20,22). The summed E-state index contributed by atoms with van der Waals surface area (Å²) < 4.78 is 2.14. The van der Waals surface area contributed by atoms with Gasteiger partial charge >= 0.3 is 0 Å². The van der Waals surface area contributed by atoms with Gasteiger partial charge in [0.25, 0.3) is 0 Å². The zero-order valence-electron chi connectivity index (χ0n) is 14.4. The third kappa shape index (κ3) is 4.62. The van der Waals surface area contributed by atoms with Crippen LogP contribution in [0.3, 0.4) is 0 Å². The van der Waals surface area contributed by atoms with Crippen molar-refractivity contribution in [2.75, 3.05) is 0 Å². The van der Waals surface area contributed by atoms with Gasteiger partial charge in [0.05, 0.1) is 0 Å². The summed E-state index contributed by atoms with van der Waals surface area (Å²) in [5.74, 6) is 0.118. The number of carbonyl (C=O) groups is 1. The number of amides is 1. The van der Waals surface area contributed by atoms with E-state index in [-0.39, 0.29) is 16.9 Å². The maximum Gasteiger partial charge on any atom is 0.222 e. The van der Waals surface area contributed by atoms with E-state index in [0.717, 1.165) is 6.42 Å². The fourth-order valence-electron chi connectivity index (χ4n) is 3.37. The fourth-order valence-corrected chi connectivity index (χ4v) is 3.37. The molecule has 0 aliphatic rings. The van der Waals surface area contributed by atoms with Gasteiger partial charge in [0, 0.05) is 30.2 Å². The molecule has 1 heterocycles. The highest BCUT2D eigenvalue weighted by Gasteiger charge is 2.26. The maximum absolute atomic E-state index is 12.3. The lowest BCUT2D eigenvalue weighted by Crippen LogP contribution is -2.46. The number of para-hydroxylation sites is 1. The molecule has 0 aliphatic carbocycles. The molecule has 1 amide bonds. The minimum Gasteiger partial charge on any atom is -0.351 e. The van der Waals surface area contributed by atoms with Crippen LogP contribution in [0.4, 0.5) is 0 Å².